The molecule has 1 aliphatic heterocycles. The molecule has 2 aromatic rings. The topological polar surface area (TPSA) is 21.7 Å². The lowest BCUT2D eigenvalue weighted by molar-refractivity contribution is 0.0509. The van der Waals surface area contributed by atoms with Crippen LogP contribution in [0.15, 0.2) is 48.5 Å². The number of likely N-dealkylation sites (tertiary alicyclic amines) is 1. The number of likely N-dealkylation sites (N-methyl/N-ethyl adjacent to an activating group) is 1. The molecule has 0 aromatic heterocycles. The Morgan fingerprint density at radius 1 is 1.19 bits per heavy atom. The first kappa shape index (κ1) is 19.9. The molecule has 3 rings (SSSR count). The molecule has 0 N–H and O–H groups in total. The summed E-state index contributed by atoms with van der Waals surface area (Å²) in [4.78, 5) is 2.44. The van der Waals surface area contributed by atoms with E-state index in [2.05, 4.69) is 49.2 Å². The van der Waals surface area contributed by atoms with Crippen LogP contribution in [0.3, 0.4) is 0 Å². The number of halogens is 1. The first-order valence-corrected chi connectivity index (χ1v) is 9.87. The third-order valence-corrected chi connectivity index (χ3v) is 5.35. The summed E-state index contributed by atoms with van der Waals surface area (Å²) in [5.74, 6) is 0.835. The maximum Gasteiger partial charge on any atom is 0.188 e. The van der Waals surface area contributed by atoms with E-state index < -0.39 is 0 Å². The third kappa shape index (κ3) is 5.13. The van der Waals surface area contributed by atoms with E-state index in [1.54, 1.807) is 7.11 Å². The quantitative estimate of drug-likeness (QED) is 0.608. The molecule has 1 heterocycles. The van der Waals surface area contributed by atoms with Crippen LogP contribution in [-0.4, -0.2) is 38.4 Å². The van der Waals surface area contributed by atoms with Crippen molar-refractivity contribution in [2.45, 2.75) is 32.2 Å². The SMILES string of the molecule is COCOc1ccc(C)cc1C(=CC1CCCCN1C)c1ccc(Cl)cc1. The maximum atomic E-state index is 6.13. The van der Waals surface area contributed by atoms with E-state index in [9.17, 15) is 0 Å². The van der Waals surface area contributed by atoms with Crippen LogP contribution in [0.25, 0.3) is 5.57 Å². The second-order valence-electron chi connectivity index (χ2n) is 7.18. The summed E-state index contributed by atoms with van der Waals surface area (Å²) in [5, 5.41) is 0.744. The molecule has 0 amide bonds. The lowest BCUT2D eigenvalue weighted by Crippen LogP contribution is -2.34. The molecular formula is C23H28ClNO2. The van der Waals surface area contributed by atoms with Crippen LogP contribution < -0.4 is 4.74 Å². The van der Waals surface area contributed by atoms with Crippen molar-refractivity contribution in [2.24, 2.45) is 0 Å². The summed E-state index contributed by atoms with van der Waals surface area (Å²) in [6.07, 6.45) is 6.09. The van der Waals surface area contributed by atoms with Gasteiger partial charge in [-0.15, -0.1) is 0 Å². The number of benzene rings is 2. The van der Waals surface area contributed by atoms with Gasteiger partial charge in [-0.05, 0) is 68.8 Å². The van der Waals surface area contributed by atoms with Gasteiger partial charge in [0.25, 0.3) is 0 Å². The van der Waals surface area contributed by atoms with Crippen molar-refractivity contribution in [3.63, 3.8) is 0 Å². The van der Waals surface area contributed by atoms with Crippen LogP contribution in [0.1, 0.15) is 36.0 Å². The molecule has 3 nitrogen and oxygen atoms in total. The summed E-state index contributed by atoms with van der Waals surface area (Å²) in [6.45, 7) is 3.47. The number of nitrogens with zero attached hydrogens (tertiary/aromatic N) is 1. The summed E-state index contributed by atoms with van der Waals surface area (Å²) in [7, 11) is 3.85. The fraction of sp³-hybridized carbons (Fsp3) is 0.391. The van der Waals surface area contributed by atoms with Gasteiger partial charge in [-0.3, -0.25) is 4.90 Å². The predicted molar refractivity (Wildman–Crippen MR) is 112 cm³/mol. The van der Waals surface area contributed by atoms with Gasteiger partial charge < -0.3 is 9.47 Å². The highest BCUT2D eigenvalue weighted by Crippen LogP contribution is 2.34. The van der Waals surface area contributed by atoms with Crippen molar-refractivity contribution in [1.29, 1.82) is 0 Å². The highest BCUT2D eigenvalue weighted by molar-refractivity contribution is 6.30. The predicted octanol–water partition coefficient (Wildman–Crippen LogP) is 5.55. The Morgan fingerprint density at radius 3 is 2.67 bits per heavy atom. The lowest BCUT2D eigenvalue weighted by atomic mass is 9.91. The number of ether oxygens (including phenoxy) is 2. The van der Waals surface area contributed by atoms with Gasteiger partial charge in [-0.2, -0.15) is 0 Å². The van der Waals surface area contributed by atoms with E-state index in [-0.39, 0.29) is 6.79 Å². The van der Waals surface area contributed by atoms with Gasteiger partial charge in [0.15, 0.2) is 6.79 Å². The summed E-state index contributed by atoms with van der Waals surface area (Å²) >= 11 is 6.13. The van der Waals surface area contributed by atoms with Crippen LogP contribution in [0.2, 0.25) is 5.02 Å². The third-order valence-electron chi connectivity index (χ3n) is 5.10. The Hall–Kier alpha value is -1.81. The highest BCUT2D eigenvalue weighted by Gasteiger charge is 2.20. The molecule has 0 aliphatic carbocycles. The highest BCUT2D eigenvalue weighted by atomic mass is 35.5. The van der Waals surface area contributed by atoms with Crippen molar-refractivity contribution in [3.05, 3.63) is 70.3 Å². The van der Waals surface area contributed by atoms with E-state index in [0.29, 0.717) is 6.04 Å². The maximum absolute atomic E-state index is 6.13. The minimum atomic E-state index is 0.229. The van der Waals surface area contributed by atoms with E-state index >= 15 is 0 Å². The molecular weight excluding hydrogens is 358 g/mol. The normalized spacial score (nSPS) is 18.5. The lowest BCUT2D eigenvalue weighted by Gasteiger charge is -2.31. The van der Waals surface area contributed by atoms with Crippen molar-refractivity contribution in [1.82, 2.24) is 4.90 Å². The van der Waals surface area contributed by atoms with E-state index in [1.165, 1.54) is 30.4 Å². The average molecular weight is 386 g/mol. The molecule has 1 aliphatic rings. The summed E-state index contributed by atoms with van der Waals surface area (Å²) < 4.78 is 11.0. The minimum Gasteiger partial charge on any atom is -0.467 e. The number of aryl methyl sites for hydroxylation is 1. The Kier molecular flexibility index (Phi) is 6.95. The van der Waals surface area contributed by atoms with Crippen LogP contribution in [0.4, 0.5) is 0 Å². The minimum absolute atomic E-state index is 0.229. The van der Waals surface area contributed by atoms with Gasteiger partial charge in [-0.25, -0.2) is 0 Å². The van der Waals surface area contributed by atoms with Gasteiger partial charge >= 0.3 is 0 Å². The number of hydrogen-bond donors (Lipinski definition) is 0. The van der Waals surface area contributed by atoms with Gasteiger partial charge in [-0.1, -0.05) is 47.9 Å². The smallest absolute Gasteiger partial charge is 0.188 e. The van der Waals surface area contributed by atoms with Gasteiger partial charge in [0.05, 0.1) is 0 Å². The molecule has 0 bridgehead atoms. The van der Waals surface area contributed by atoms with Gasteiger partial charge in [0.2, 0.25) is 0 Å². The Labute approximate surface area is 167 Å². The first-order chi connectivity index (χ1) is 13.1. The van der Waals surface area contributed by atoms with Crippen molar-refractivity contribution in [2.75, 3.05) is 27.5 Å². The molecule has 2 aromatic carbocycles. The fourth-order valence-electron chi connectivity index (χ4n) is 3.58. The monoisotopic (exact) mass is 385 g/mol. The average Bonchev–Trinajstić information content (AvgIpc) is 2.67. The molecule has 144 valence electrons. The van der Waals surface area contributed by atoms with E-state index in [0.717, 1.165) is 28.4 Å². The number of piperidine rings is 1. The Bertz CT molecular complexity index is 785. The summed E-state index contributed by atoms with van der Waals surface area (Å²) in [5.41, 5.74) is 4.62. The zero-order valence-electron chi connectivity index (χ0n) is 16.4. The van der Waals surface area contributed by atoms with Crippen LogP contribution >= 0.6 is 11.6 Å². The van der Waals surface area contributed by atoms with Crippen molar-refractivity contribution < 1.29 is 9.47 Å². The zero-order valence-corrected chi connectivity index (χ0v) is 17.1. The molecule has 0 saturated carbocycles. The number of rotatable bonds is 6. The van der Waals surface area contributed by atoms with Crippen molar-refractivity contribution in [3.8, 4) is 5.75 Å². The molecule has 0 radical (unpaired) electrons. The molecule has 27 heavy (non-hydrogen) atoms. The van der Waals surface area contributed by atoms with Crippen LogP contribution in [-0.2, 0) is 4.74 Å². The Balaban J connectivity index is 2.09. The molecule has 1 atom stereocenters. The molecule has 0 spiro atoms. The number of hydrogen-bond acceptors (Lipinski definition) is 3. The van der Waals surface area contributed by atoms with Crippen molar-refractivity contribution >= 4 is 17.2 Å². The molecule has 4 heteroatoms. The second kappa shape index (κ2) is 9.41. The summed E-state index contributed by atoms with van der Waals surface area (Å²) in [6, 6.07) is 14.8. The largest absolute Gasteiger partial charge is 0.467 e. The van der Waals surface area contributed by atoms with Gasteiger partial charge in [0.1, 0.15) is 5.75 Å². The van der Waals surface area contributed by atoms with Gasteiger partial charge in [0, 0.05) is 23.7 Å². The van der Waals surface area contributed by atoms with E-state index in [1.807, 2.05) is 18.2 Å². The van der Waals surface area contributed by atoms with Crippen LogP contribution in [0, 0.1) is 6.92 Å². The molecule has 1 unspecified atom stereocenters. The van der Waals surface area contributed by atoms with Crippen LogP contribution in [0.5, 0.6) is 5.75 Å². The molecule has 1 saturated heterocycles. The van der Waals surface area contributed by atoms with E-state index in [4.69, 9.17) is 21.1 Å². The fourth-order valence-corrected chi connectivity index (χ4v) is 3.70. The zero-order chi connectivity index (χ0) is 19.2. The number of methoxy groups -OCH3 is 1. The first-order valence-electron chi connectivity index (χ1n) is 9.49. The second-order valence-corrected chi connectivity index (χ2v) is 7.62. The standard InChI is InChI=1S/C23H28ClNO2/c1-17-7-12-23(27-16-26-3)22(14-17)21(18-8-10-19(24)11-9-18)15-20-6-4-5-13-25(20)2/h7-12,14-15,20H,4-6,13,16H2,1-3H3. The Morgan fingerprint density at radius 2 is 1.96 bits per heavy atom. The molecule has 1 fully saturated rings.